The second-order valence-corrected chi connectivity index (χ2v) is 4.46. The van der Waals surface area contributed by atoms with E-state index in [4.69, 9.17) is 9.94 Å². The summed E-state index contributed by atoms with van der Waals surface area (Å²) >= 11 is 0. The molecule has 0 aromatic heterocycles. The predicted octanol–water partition coefficient (Wildman–Crippen LogP) is 3.77. The van der Waals surface area contributed by atoms with Gasteiger partial charge >= 0.3 is 0 Å². The number of benzene rings is 2. The Morgan fingerprint density at radius 2 is 1.95 bits per heavy atom. The molecule has 0 saturated heterocycles. The zero-order chi connectivity index (χ0) is 13.7. The molecule has 0 amide bonds. The van der Waals surface area contributed by atoms with Gasteiger partial charge in [0.25, 0.3) is 0 Å². The molecule has 2 rings (SSSR count). The van der Waals surface area contributed by atoms with Crippen LogP contribution in [0.25, 0.3) is 0 Å². The number of aryl methyl sites for hydroxylation is 1. The number of hydrogen-bond acceptors (Lipinski definition) is 3. The van der Waals surface area contributed by atoms with Gasteiger partial charge in [0.15, 0.2) is 0 Å². The third-order valence-corrected chi connectivity index (χ3v) is 2.90. The van der Waals surface area contributed by atoms with Gasteiger partial charge in [-0.1, -0.05) is 47.1 Å². The van der Waals surface area contributed by atoms with Crippen molar-refractivity contribution in [3.8, 4) is 5.75 Å². The highest BCUT2D eigenvalue weighted by Crippen LogP contribution is 2.20. The minimum atomic E-state index is 0.497. The number of ether oxygens (including phenoxy) is 1. The lowest BCUT2D eigenvalue weighted by Crippen LogP contribution is -2.02. The van der Waals surface area contributed by atoms with Crippen LogP contribution in [-0.4, -0.2) is 10.9 Å². The van der Waals surface area contributed by atoms with Crippen LogP contribution in [0.15, 0.2) is 53.7 Å². The van der Waals surface area contributed by atoms with Gasteiger partial charge < -0.3 is 9.94 Å². The normalized spacial score (nSPS) is 11.4. The van der Waals surface area contributed by atoms with E-state index in [2.05, 4.69) is 24.2 Å². The molecule has 0 radical (unpaired) electrons. The summed E-state index contributed by atoms with van der Waals surface area (Å²) in [5.74, 6) is 0.722. The minimum absolute atomic E-state index is 0.497. The van der Waals surface area contributed by atoms with E-state index in [1.807, 2.05) is 36.4 Å². The molecule has 0 atom stereocenters. The van der Waals surface area contributed by atoms with Crippen LogP contribution in [0.4, 0.5) is 0 Å². The summed E-state index contributed by atoms with van der Waals surface area (Å²) < 4.78 is 5.81. The summed E-state index contributed by atoms with van der Waals surface area (Å²) in [5.41, 5.74) is 3.67. The fourth-order valence-electron chi connectivity index (χ4n) is 1.91. The lowest BCUT2D eigenvalue weighted by molar-refractivity contribution is 0.303. The smallest absolute Gasteiger partial charge is 0.128 e. The summed E-state index contributed by atoms with van der Waals surface area (Å²) in [7, 11) is 0. The molecule has 0 heterocycles. The molecule has 2 aromatic rings. The Bertz CT molecular complexity index is 591. The lowest BCUT2D eigenvalue weighted by Gasteiger charge is -2.11. The molecule has 1 N–H and O–H groups in total. The van der Waals surface area contributed by atoms with Gasteiger partial charge in [0.05, 0.1) is 5.71 Å². The van der Waals surface area contributed by atoms with Crippen LogP contribution in [0.1, 0.15) is 23.6 Å². The van der Waals surface area contributed by atoms with E-state index >= 15 is 0 Å². The van der Waals surface area contributed by atoms with Crippen LogP contribution in [0, 0.1) is 6.92 Å². The molecule has 19 heavy (non-hydrogen) atoms. The van der Waals surface area contributed by atoms with Crippen molar-refractivity contribution in [1.82, 2.24) is 0 Å². The van der Waals surface area contributed by atoms with E-state index in [1.54, 1.807) is 6.92 Å². The van der Waals surface area contributed by atoms with E-state index in [1.165, 1.54) is 5.56 Å². The first-order valence-electron chi connectivity index (χ1n) is 6.17. The lowest BCUT2D eigenvalue weighted by atomic mass is 10.1. The van der Waals surface area contributed by atoms with E-state index in [0.717, 1.165) is 16.9 Å². The zero-order valence-electron chi connectivity index (χ0n) is 11.1. The molecule has 0 unspecified atom stereocenters. The quantitative estimate of drug-likeness (QED) is 0.513. The Labute approximate surface area is 113 Å². The van der Waals surface area contributed by atoms with Crippen molar-refractivity contribution < 1.29 is 9.94 Å². The molecule has 0 bridgehead atoms. The Balaban J connectivity index is 2.16. The molecule has 2 aromatic carbocycles. The SMILES string of the molecule is C/C(=N\O)c1ccccc1OCc1cccc(C)c1. The second kappa shape index (κ2) is 6.05. The number of hydrogen-bond donors (Lipinski definition) is 1. The molecule has 3 nitrogen and oxygen atoms in total. The molecule has 0 aliphatic rings. The van der Waals surface area contributed by atoms with Crippen LogP contribution in [0.3, 0.4) is 0 Å². The fourth-order valence-corrected chi connectivity index (χ4v) is 1.91. The molecule has 0 saturated carbocycles. The summed E-state index contributed by atoms with van der Waals surface area (Å²) in [4.78, 5) is 0. The maximum Gasteiger partial charge on any atom is 0.128 e. The highest BCUT2D eigenvalue weighted by molar-refractivity contribution is 6.00. The van der Waals surface area contributed by atoms with Crippen LogP contribution < -0.4 is 4.74 Å². The third kappa shape index (κ3) is 3.35. The van der Waals surface area contributed by atoms with Gasteiger partial charge in [-0.05, 0) is 31.5 Å². The van der Waals surface area contributed by atoms with Crippen LogP contribution in [-0.2, 0) is 6.61 Å². The summed E-state index contributed by atoms with van der Waals surface area (Å²) in [6.07, 6.45) is 0. The number of rotatable bonds is 4. The molecule has 3 heteroatoms. The van der Waals surface area contributed by atoms with Crippen molar-refractivity contribution in [3.63, 3.8) is 0 Å². The first-order chi connectivity index (χ1) is 9.20. The third-order valence-electron chi connectivity index (χ3n) is 2.90. The minimum Gasteiger partial charge on any atom is -0.488 e. The van der Waals surface area contributed by atoms with E-state index < -0.39 is 0 Å². The monoisotopic (exact) mass is 255 g/mol. The zero-order valence-corrected chi connectivity index (χ0v) is 11.1. The summed E-state index contributed by atoms with van der Waals surface area (Å²) in [5, 5.41) is 12.1. The van der Waals surface area contributed by atoms with Crippen molar-refractivity contribution >= 4 is 5.71 Å². The van der Waals surface area contributed by atoms with Gasteiger partial charge in [0, 0.05) is 5.56 Å². The van der Waals surface area contributed by atoms with Crippen LogP contribution in [0.2, 0.25) is 0 Å². The molecular weight excluding hydrogens is 238 g/mol. The van der Waals surface area contributed by atoms with Gasteiger partial charge in [-0.2, -0.15) is 0 Å². The Kier molecular flexibility index (Phi) is 4.18. The second-order valence-electron chi connectivity index (χ2n) is 4.46. The summed E-state index contributed by atoms with van der Waals surface area (Å²) in [6.45, 7) is 4.30. The van der Waals surface area contributed by atoms with Gasteiger partial charge in [-0.3, -0.25) is 0 Å². The largest absolute Gasteiger partial charge is 0.488 e. The van der Waals surface area contributed by atoms with Crippen molar-refractivity contribution in [1.29, 1.82) is 0 Å². The first kappa shape index (κ1) is 13.1. The standard InChI is InChI=1S/C16H17NO2/c1-12-6-5-7-14(10-12)11-19-16-9-4-3-8-15(16)13(2)17-18/h3-10,18H,11H2,1-2H3/b17-13+. The molecule has 0 fully saturated rings. The van der Waals surface area contributed by atoms with Gasteiger partial charge in [0.1, 0.15) is 12.4 Å². The number of oxime groups is 1. The van der Waals surface area contributed by atoms with Crippen molar-refractivity contribution in [2.45, 2.75) is 20.5 Å². The maximum absolute atomic E-state index is 8.87. The average molecular weight is 255 g/mol. The van der Waals surface area contributed by atoms with Gasteiger partial charge in [-0.25, -0.2) is 0 Å². The Hall–Kier alpha value is -2.29. The van der Waals surface area contributed by atoms with Crippen molar-refractivity contribution in [2.75, 3.05) is 0 Å². The number of para-hydroxylation sites is 1. The van der Waals surface area contributed by atoms with Crippen molar-refractivity contribution in [2.24, 2.45) is 5.16 Å². The molecule has 0 aliphatic carbocycles. The van der Waals surface area contributed by atoms with Gasteiger partial charge in [0.2, 0.25) is 0 Å². The molecule has 0 spiro atoms. The molecular formula is C16H17NO2. The summed E-state index contributed by atoms with van der Waals surface area (Å²) in [6, 6.07) is 15.7. The first-order valence-corrected chi connectivity index (χ1v) is 6.17. The van der Waals surface area contributed by atoms with Crippen LogP contribution in [0.5, 0.6) is 5.75 Å². The fraction of sp³-hybridized carbons (Fsp3) is 0.188. The highest BCUT2D eigenvalue weighted by Gasteiger charge is 2.06. The van der Waals surface area contributed by atoms with Gasteiger partial charge in [-0.15, -0.1) is 0 Å². The van der Waals surface area contributed by atoms with E-state index in [0.29, 0.717) is 12.3 Å². The maximum atomic E-state index is 8.87. The number of nitrogens with zero attached hydrogens (tertiary/aromatic N) is 1. The Morgan fingerprint density at radius 1 is 1.16 bits per heavy atom. The van der Waals surface area contributed by atoms with E-state index in [-0.39, 0.29) is 0 Å². The average Bonchev–Trinajstić information content (AvgIpc) is 2.45. The van der Waals surface area contributed by atoms with Crippen molar-refractivity contribution in [3.05, 3.63) is 65.2 Å². The highest BCUT2D eigenvalue weighted by atomic mass is 16.5. The topological polar surface area (TPSA) is 41.8 Å². The molecule has 98 valence electrons. The Morgan fingerprint density at radius 3 is 2.68 bits per heavy atom. The van der Waals surface area contributed by atoms with E-state index in [9.17, 15) is 0 Å². The predicted molar refractivity (Wildman–Crippen MR) is 76.0 cm³/mol. The van der Waals surface area contributed by atoms with Crippen LogP contribution >= 0.6 is 0 Å². The molecule has 0 aliphatic heterocycles.